The Labute approximate surface area is 124 Å². The molecule has 1 heterocycles. The Morgan fingerprint density at radius 3 is 2.81 bits per heavy atom. The third-order valence-electron chi connectivity index (χ3n) is 2.97. The maximum atomic E-state index is 13.4. The van der Waals surface area contributed by atoms with E-state index in [0.29, 0.717) is 25.4 Å². The molecule has 0 aliphatic heterocycles. The second-order valence-corrected chi connectivity index (χ2v) is 5.97. The first-order chi connectivity index (χ1) is 9.94. The molecule has 1 aromatic heterocycles. The van der Waals surface area contributed by atoms with Crippen molar-refractivity contribution in [3.8, 4) is 5.75 Å². The van der Waals surface area contributed by atoms with Crippen LogP contribution in [0.4, 0.5) is 4.39 Å². The summed E-state index contributed by atoms with van der Waals surface area (Å²) in [5.74, 6) is 0.459. The van der Waals surface area contributed by atoms with Gasteiger partial charge in [-0.2, -0.15) is 5.10 Å². The van der Waals surface area contributed by atoms with E-state index in [2.05, 4.69) is 31.2 Å². The zero-order valence-electron chi connectivity index (χ0n) is 12.8. The SMILES string of the molecule is CC(C)(C)NCc1cc(F)ccc1OCCn1cccn1. The van der Waals surface area contributed by atoms with Crippen molar-refractivity contribution >= 4 is 0 Å². The Balaban J connectivity index is 1.97. The fourth-order valence-corrected chi connectivity index (χ4v) is 1.87. The summed E-state index contributed by atoms with van der Waals surface area (Å²) in [5, 5.41) is 7.46. The number of hydrogen-bond acceptors (Lipinski definition) is 3. The average Bonchev–Trinajstić information content (AvgIpc) is 2.91. The van der Waals surface area contributed by atoms with Crippen LogP contribution < -0.4 is 10.1 Å². The lowest BCUT2D eigenvalue weighted by molar-refractivity contribution is 0.286. The van der Waals surface area contributed by atoms with Gasteiger partial charge < -0.3 is 10.1 Å². The highest BCUT2D eigenvalue weighted by molar-refractivity contribution is 5.34. The maximum Gasteiger partial charge on any atom is 0.124 e. The Morgan fingerprint density at radius 1 is 1.33 bits per heavy atom. The van der Waals surface area contributed by atoms with Crippen LogP contribution in [0.15, 0.2) is 36.7 Å². The number of rotatable bonds is 6. The molecule has 0 unspecified atom stereocenters. The predicted octanol–water partition coefficient (Wildman–Crippen LogP) is 2.99. The number of nitrogens with one attached hydrogen (secondary N) is 1. The summed E-state index contributed by atoms with van der Waals surface area (Å²) >= 11 is 0. The summed E-state index contributed by atoms with van der Waals surface area (Å²) in [7, 11) is 0. The number of halogens is 1. The maximum absolute atomic E-state index is 13.4. The molecule has 4 nitrogen and oxygen atoms in total. The van der Waals surface area contributed by atoms with Gasteiger partial charge in [0.1, 0.15) is 18.2 Å². The second-order valence-electron chi connectivity index (χ2n) is 5.97. The number of aromatic nitrogens is 2. The lowest BCUT2D eigenvalue weighted by atomic mass is 10.1. The van der Waals surface area contributed by atoms with Crippen molar-refractivity contribution in [1.82, 2.24) is 15.1 Å². The van der Waals surface area contributed by atoms with Crippen molar-refractivity contribution < 1.29 is 9.13 Å². The molecule has 114 valence electrons. The number of nitrogens with zero attached hydrogens (tertiary/aromatic N) is 2. The van der Waals surface area contributed by atoms with Crippen LogP contribution in [0.2, 0.25) is 0 Å². The normalized spacial score (nSPS) is 11.6. The third kappa shape index (κ3) is 5.19. The summed E-state index contributed by atoms with van der Waals surface area (Å²) in [5.41, 5.74) is 0.795. The molecule has 0 aliphatic carbocycles. The standard InChI is InChI=1S/C16H22FN3O/c1-16(2,3)18-12-13-11-14(17)5-6-15(13)21-10-9-20-8-4-7-19-20/h4-8,11,18H,9-10,12H2,1-3H3. The van der Waals surface area contributed by atoms with Crippen LogP contribution in [0.25, 0.3) is 0 Å². The van der Waals surface area contributed by atoms with Crippen LogP contribution in [0, 0.1) is 5.82 Å². The molecule has 2 rings (SSSR count). The molecule has 0 spiro atoms. The van der Waals surface area contributed by atoms with Crippen LogP contribution >= 0.6 is 0 Å². The van der Waals surface area contributed by atoms with Gasteiger partial charge in [-0.05, 0) is 45.0 Å². The van der Waals surface area contributed by atoms with Gasteiger partial charge in [0.25, 0.3) is 0 Å². The lowest BCUT2D eigenvalue weighted by Gasteiger charge is -2.21. The molecule has 0 fully saturated rings. The van der Waals surface area contributed by atoms with Gasteiger partial charge in [-0.1, -0.05) is 0 Å². The molecule has 0 amide bonds. The zero-order valence-corrected chi connectivity index (χ0v) is 12.8. The van der Waals surface area contributed by atoms with Crippen molar-refractivity contribution in [3.63, 3.8) is 0 Å². The minimum absolute atomic E-state index is 0.0291. The number of hydrogen-bond donors (Lipinski definition) is 1. The molecule has 5 heteroatoms. The Hall–Kier alpha value is -1.88. The molecule has 21 heavy (non-hydrogen) atoms. The smallest absolute Gasteiger partial charge is 0.124 e. The molecule has 0 bridgehead atoms. The van der Waals surface area contributed by atoms with Gasteiger partial charge in [0, 0.05) is 30.0 Å². The number of benzene rings is 1. The van der Waals surface area contributed by atoms with Gasteiger partial charge >= 0.3 is 0 Å². The van der Waals surface area contributed by atoms with E-state index in [1.54, 1.807) is 16.9 Å². The van der Waals surface area contributed by atoms with Crippen molar-refractivity contribution in [2.75, 3.05) is 6.61 Å². The molecular formula is C16H22FN3O. The van der Waals surface area contributed by atoms with E-state index < -0.39 is 0 Å². The van der Waals surface area contributed by atoms with Crippen molar-refractivity contribution in [3.05, 3.63) is 48.0 Å². The first-order valence-corrected chi connectivity index (χ1v) is 7.08. The van der Waals surface area contributed by atoms with Crippen LogP contribution in [-0.4, -0.2) is 21.9 Å². The Morgan fingerprint density at radius 2 is 2.14 bits per heavy atom. The van der Waals surface area contributed by atoms with E-state index in [9.17, 15) is 4.39 Å². The van der Waals surface area contributed by atoms with Crippen molar-refractivity contribution in [2.24, 2.45) is 0 Å². The Bertz CT molecular complexity index is 561. The fourth-order valence-electron chi connectivity index (χ4n) is 1.87. The summed E-state index contributed by atoms with van der Waals surface area (Å²) < 4.78 is 21.0. The van der Waals surface area contributed by atoms with Crippen molar-refractivity contribution in [2.45, 2.75) is 39.4 Å². The highest BCUT2D eigenvalue weighted by Gasteiger charge is 2.12. The molecular weight excluding hydrogens is 269 g/mol. The van der Waals surface area contributed by atoms with E-state index in [0.717, 1.165) is 5.56 Å². The van der Waals surface area contributed by atoms with E-state index >= 15 is 0 Å². The number of ether oxygens (including phenoxy) is 1. The molecule has 2 aromatic rings. The van der Waals surface area contributed by atoms with Gasteiger partial charge in [0.15, 0.2) is 0 Å². The summed E-state index contributed by atoms with van der Waals surface area (Å²) in [6.45, 7) is 7.95. The first-order valence-electron chi connectivity index (χ1n) is 7.08. The lowest BCUT2D eigenvalue weighted by Crippen LogP contribution is -2.35. The quantitative estimate of drug-likeness (QED) is 0.889. The highest BCUT2D eigenvalue weighted by Crippen LogP contribution is 2.20. The van der Waals surface area contributed by atoms with Crippen LogP contribution in [0.1, 0.15) is 26.3 Å². The summed E-state index contributed by atoms with van der Waals surface area (Å²) in [4.78, 5) is 0. The van der Waals surface area contributed by atoms with Crippen molar-refractivity contribution in [1.29, 1.82) is 0 Å². The fraction of sp³-hybridized carbons (Fsp3) is 0.438. The van der Waals surface area contributed by atoms with Gasteiger partial charge in [0.2, 0.25) is 0 Å². The van der Waals surface area contributed by atoms with E-state index in [1.165, 1.54) is 12.1 Å². The molecule has 1 aromatic carbocycles. The van der Waals surface area contributed by atoms with E-state index in [-0.39, 0.29) is 11.4 Å². The monoisotopic (exact) mass is 291 g/mol. The van der Waals surface area contributed by atoms with Crippen LogP contribution in [0.5, 0.6) is 5.75 Å². The van der Waals surface area contributed by atoms with Gasteiger partial charge in [-0.15, -0.1) is 0 Å². The molecule has 1 N–H and O–H groups in total. The van der Waals surface area contributed by atoms with Crippen LogP contribution in [0.3, 0.4) is 0 Å². The summed E-state index contributed by atoms with van der Waals surface area (Å²) in [6.07, 6.45) is 3.62. The van der Waals surface area contributed by atoms with E-state index in [4.69, 9.17) is 4.74 Å². The molecule has 0 aliphatic rings. The van der Waals surface area contributed by atoms with Gasteiger partial charge in [-0.25, -0.2) is 4.39 Å². The molecule has 0 saturated heterocycles. The molecule has 0 saturated carbocycles. The minimum atomic E-state index is -0.250. The van der Waals surface area contributed by atoms with Crippen LogP contribution in [-0.2, 0) is 13.1 Å². The highest BCUT2D eigenvalue weighted by atomic mass is 19.1. The largest absolute Gasteiger partial charge is 0.491 e. The molecule has 0 radical (unpaired) electrons. The topological polar surface area (TPSA) is 39.1 Å². The predicted molar refractivity (Wildman–Crippen MR) is 80.7 cm³/mol. The average molecular weight is 291 g/mol. The first kappa shape index (κ1) is 15.5. The van der Waals surface area contributed by atoms with Gasteiger partial charge in [-0.3, -0.25) is 4.68 Å². The molecule has 0 atom stereocenters. The van der Waals surface area contributed by atoms with Gasteiger partial charge in [0.05, 0.1) is 6.54 Å². The minimum Gasteiger partial charge on any atom is -0.491 e. The summed E-state index contributed by atoms with van der Waals surface area (Å²) in [6, 6.07) is 6.49. The Kier molecular flexibility index (Phi) is 4.96. The van der Waals surface area contributed by atoms with E-state index in [1.807, 2.05) is 12.3 Å². The second kappa shape index (κ2) is 6.72. The zero-order chi connectivity index (χ0) is 15.3. The third-order valence-corrected chi connectivity index (χ3v) is 2.97.